The molecule has 1 aromatic carbocycles. The number of benzene rings is 1. The molecular weight excluding hydrogens is 402 g/mol. The van der Waals surface area contributed by atoms with E-state index in [2.05, 4.69) is 10.3 Å². The van der Waals surface area contributed by atoms with Gasteiger partial charge in [0.25, 0.3) is 5.56 Å². The van der Waals surface area contributed by atoms with Gasteiger partial charge in [-0.15, -0.1) is 0 Å². The van der Waals surface area contributed by atoms with E-state index in [1.165, 1.54) is 0 Å². The van der Waals surface area contributed by atoms with Crippen molar-refractivity contribution in [3.05, 3.63) is 40.2 Å². The van der Waals surface area contributed by atoms with Crippen LogP contribution in [0.15, 0.2) is 29.1 Å². The minimum Gasteiger partial charge on any atom is -0.494 e. The third-order valence-corrected chi connectivity index (χ3v) is 5.50. The molecular formula is C22H31N3O4S. The van der Waals surface area contributed by atoms with Crippen molar-refractivity contribution in [2.24, 2.45) is 0 Å². The first-order valence-electron chi connectivity index (χ1n) is 10.5. The number of aromatic amines is 1. The van der Waals surface area contributed by atoms with E-state index in [9.17, 15) is 4.79 Å². The number of H-pyrrole nitrogens is 1. The summed E-state index contributed by atoms with van der Waals surface area (Å²) in [7, 11) is 1.69. The van der Waals surface area contributed by atoms with Crippen LogP contribution in [-0.2, 0) is 16.0 Å². The van der Waals surface area contributed by atoms with E-state index in [-0.39, 0.29) is 11.7 Å². The Bertz CT molecular complexity index is 896. The van der Waals surface area contributed by atoms with Crippen molar-refractivity contribution in [3.63, 3.8) is 0 Å². The molecule has 0 aliphatic carbocycles. The van der Waals surface area contributed by atoms with Gasteiger partial charge in [0.1, 0.15) is 5.75 Å². The topological polar surface area (TPSA) is 75.8 Å². The Morgan fingerprint density at radius 3 is 3.00 bits per heavy atom. The van der Waals surface area contributed by atoms with E-state index < -0.39 is 0 Å². The second-order valence-electron chi connectivity index (χ2n) is 7.40. The van der Waals surface area contributed by atoms with Crippen molar-refractivity contribution in [1.29, 1.82) is 0 Å². The van der Waals surface area contributed by atoms with Gasteiger partial charge in [0.15, 0.2) is 5.11 Å². The zero-order valence-electron chi connectivity index (χ0n) is 17.7. The van der Waals surface area contributed by atoms with Gasteiger partial charge >= 0.3 is 0 Å². The van der Waals surface area contributed by atoms with Gasteiger partial charge in [-0.25, -0.2) is 0 Å². The smallest absolute Gasteiger partial charge is 0.253 e. The lowest BCUT2D eigenvalue weighted by Crippen LogP contribution is -2.44. The van der Waals surface area contributed by atoms with Crippen molar-refractivity contribution >= 4 is 28.2 Å². The molecule has 0 saturated carbocycles. The molecule has 1 aliphatic heterocycles. The number of thiocarbonyl (C=S) groups is 1. The Hall–Kier alpha value is -2.16. The molecule has 0 amide bonds. The van der Waals surface area contributed by atoms with Gasteiger partial charge < -0.3 is 29.4 Å². The molecule has 0 bridgehead atoms. The van der Waals surface area contributed by atoms with Gasteiger partial charge in [0, 0.05) is 49.9 Å². The normalized spacial score (nSPS) is 16.0. The standard InChI is InChI=1S/C22H31N3O4S/c1-3-28-18-7-8-20-16(13-18)12-17(21(26)24-20)14-25(15-19-6-4-11-29-19)22(30)23-9-5-10-27-2/h7-8,12-13,19H,3-6,9-11,14-15H2,1-2H3,(H,23,30)(H,24,26)/t19-/m0/s1. The monoisotopic (exact) mass is 433 g/mol. The molecule has 0 unspecified atom stereocenters. The molecule has 2 N–H and O–H groups in total. The minimum absolute atomic E-state index is 0.105. The predicted octanol–water partition coefficient (Wildman–Crippen LogP) is 2.82. The molecule has 2 aromatic rings. The van der Waals surface area contributed by atoms with Crippen LogP contribution in [0.4, 0.5) is 0 Å². The molecule has 1 fully saturated rings. The zero-order valence-corrected chi connectivity index (χ0v) is 18.6. The SMILES string of the molecule is CCOc1ccc2[nH]c(=O)c(CN(C[C@@H]3CCCO3)C(=S)NCCCOC)cc2c1. The lowest BCUT2D eigenvalue weighted by Gasteiger charge is -2.28. The summed E-state index contributed by atoms with van der Waals surface area (Å²) in [4.78, 5) is 17.7. The fraction of sp³-hybridized carbons (Fsp3) is 0.545. The first-order valence-corrected chi connectivity index (χ1v) is 10.9. The quantitative estimate of drug-likeness (QED) is 0.441. The number of fused-ring (bicyclic) bond motifs is 1. The highest BCUT2D eigenvalue weighted by Crippen LogP contribution is 2.20. The fourth-order valence-electron chi connectivity index (χ4n) is 3.59. The predicted molar refractivity (Wildman–Crippen MR) is 122 cm³/mol. The van der Waals surface area contributed by atoms with Crippen LogP contribution >= 0.6 is 12.2 Å². The second kappa shape index (κ2) is 11.3. The maximum Gasteiger partial charge on any atom is 0.253 e. The average Bonchev–Trinajstić information content (AvgIpc) is 3.24. The van der Waals surface area contributed by atoms with Crippen molar-refractivity contribution < 1.29 is 14.2 Å². The van der Waals surface area contributed by atoms with Crippen molar-refractivity contribution in [2.45, 2.75) is 38.8 Å². The maximum absolute atomic E-state index is 12.7. The van der Waals surface area contributed by atoms with Gasteiger partial charge in [-0.05, 0) is 62.7 Å². The molecule has 1 aromatic heterocycles. The van der Waals surface area contributed by atoms with Crippen LogP contribution in [0.25, 0.3) is 10.9 Å². The van der Waals surface area contributed by atoms with Gasteiger partial charge in [-0.3, -0.25) is 4.79 Å². The Labute approximate surface area is 182 Å². The van der Waals surface area contributed by atoms with Crippen LogP contribution in [0.2, 0.25) is 0 Å². The maximum atomic E-state index is 12.7. The number of hydrogen-bond donors (Lipinski definition) is 2. The van der Waals surface area contributed by atoms with Crippen LogP contribution in [0.3, 0.4) is 0 Å². The fourth-order valence-corrected chi connectivity index (χ4v) is 3.83. The summed E-state index contributed by atoms with van der Waals surface area (Å²) in [5.41, 5.74) is 1.35. The van der Waals surface area contributed by atoms with Gasteiger partial charge in [0.05, 0.1) is 19.3 Å². The van der Waals surface area contributed by atoms with Gasteiger partial charge in [-0.2, -0.15) is 0 Å². The van der Waals surface area contributed by atoms with Crippen LogP contribution in [0.1, 0.15) is 31.7 Å². The third-order valence-electron chi connectivity index (χ3n) is 5.10. The summed E-state index contributed by atoms with van der Waals surface area (Å²) in [6, 6.07) is 7.61. The van der Waals surface area contributed by atoms with Crippen molar-refractivity contribution in [3.8, 4) is 5.75 Å². The first-order chi connectivity index (χ1) is 14.6. The van der Waals surface area contributed by atoms with Crippen molar-refractivity contribution in [2.75, 3.05) is 40.0 Å². The highest BCUT2D eigenvalue weighted by Gasteiger charge is 2.22. The molecule has 8 heteroatoms. The Balaban J connectivity index is 1.78. The Morgan fingerprint density at radius 2 is 2.27 bits per heavy atom. The number of ether oxygens (including phenoxy) is 3. The van der Waals surface area contributed by atoms with Gasteiger partial charge in [0.2, 0.25) is 0 Å². The molecule has 164 valence electrons. The number of hydrogen-bond acceptors (Lipinski definition) is 5. The molecule has 1 aliphatic rings. The molecule has 0 radical (unpaired) electrons. The van der Waals surface area contributed by atoms with Crippen LogP contribution in [0, 0.1) is 0 Å². The molecule has 30 heavy (non-hydrogen) atoms. The number of nitrogens with zero attached hydrogens (tertiary/aromatic N) is 1. The highest BCUT2D eigenvalue weighted by atomic mass is 32.1. The second-order valence-corrected chi connectivity index (χ2v) is 7.79. The average molecular weight is 434 g/mol. The third kappa shape index (κ3) is 6.17. The summed E-state index contributed by atoms with van der Waals surface area (Å²) in [5.74, 6) is 0.787. The molecule has 1 saturated heterocycles. The van der Waals surface area contributed by atoms with E-state index in [0.717, 1.165) is 49.1 Å². The first kappa shape index (κ1) is 22.5. The molecule has 2 heterocycles. The number of methoxy groups -OCH3 is 1. The van der Waals surface area contributed by atoms with Crippen LogP contribution in [-0.4, -0.2) is 61.1 Å². The molecule has 3 rings (SSSR count). The van der Waals surface area contributed by atoms with E-state index in [1.807, 2.05) is 36.1 Å². The van der Waals surface area contributed by atoms with Gasteiger partial charge in [-0.1, -0.05) is 0 Å². The molecule has 7 nitrogen and oxygen atoms in total. The lowest BCUT2D eigenvalue weighted by atomic mass is 10.1. The Kier molecular flexibility index (Phi) is 8.48. The van der Waals surface area contributed by atoms with Crippen LogP contribution in [0.5, 0.6) is 5.75 Å². The Morgan fingerprint density at radius 1 is 1.40 bits per heavy atom. The van der Waals surface area contributed by atoms with E-state index in [4.69, 9.17) is 26.4 Å². The number of rotatable bonds is 10. The summed E-state index contributed by atoms with van der Waals surface area (Å²) >= 11 is 5.64. The zero-order chi connectivity index (χ0) is 21.3. The lowest BCUT2D eigenvalue weighted by molar-refractivity contribution is 0.0896. The molecule has 0 spiro atoms. The van der Waals surface area contributed by atoms with Crippen molar-refractivity contribution in [1.82, 2.24) is 15.2 Å². The largest absolute Gasteiger partial charge is 0.494 e. The van der Waals surface area contributed by atoms with E-state index >= 15 is 0 Å². The summed E-state index contributed by atoms with van der Waals surface area (Å²) in [5, 5.41) is 4.85. The number of pyridine rings is 1. The molecule has 1 atom stereocenters. The summed E-state index contributed by atoms with van der Waals surface area (Å²) < 4.78 is 16.5. The van der Waals surface area contributed by atoms with E-state index in [1.54, 1.807) is 7.11 Å². The highest BCUT2D eigenvalue weighted by molar-refractivity contribution is 7.80. The van der Waals surface area contributed by atoms with Crippen LogP contribution < -0.4 is 15.6 Å². The minimum atomic E-state index is -0.105. The number of aromatic nitrogens is 1. The van der Waals surface area contributed by atoms with E-state index in [0.29, 0.717) is 37.0 Å². The number of nitrogens with one attached hydrogen (secondary N) is 2. The summed E-state index contributed by atoms with van der Waals surface area (Å²) in [6.45, 7) is 5.80. The summed E-state index contributed by atoms with van der Waals surface area (Å²) in [6.07, 6.45) is 3.06.